The van der Waals surface area contributed by atoms with Gasteiger partial charge in [-0.3, -0.25) is 9.69 Å². The van der Waals surface area contributed by atoms with Gasteiger partial charge < -0.3 is 9.88 Å². The standard InChI is InChI=1S/C25H25ClFN3O/c1-16(31)30-21(13-18-12-20(27)3-5-25(18)30)8-11-29-9-6-17(7-10-29)23-15-28-24-14-19(26)2-4-22(23)24/h2-6,12,14-15,21,28H,7-11,13H2,1H3. The number of benzene rings is 2. The number of hydrogen-bond donors (Lipinski definition) is 1. The third-order valence-electron chi connectivity index (χ3n) is 6.52. The number of nitrogens with zero attached hydrogens (tertiary/aromatic N) is 2. The molecule has 0 fully saturated rings. The number of aromatic amines is 1. The minimum Gasteiger partial charge on any atom is -0.361 e. The number of rotatable bonds is 4. The fraction of sp³-hybridized carbons (Fsp3) is 0.320. The van der Waals surface area contributed by atoms with Crippen LogP contribution in [-0.4, -0.2) is 41.5 Å². The van der Waals surface area contributed by atoms with Gasteiger partial charge >= 0.3 is 0 Å². The molecule has 5 rings (SSSR count). The predicted octanol–water partition coefficient (Wildman–Crippen LogP) is 5.42. The van der Waals surface area contributed by atoms with E-state index >= 15 is 0 Å². The van der Waals surface area contributed by atoms with E-state index < -0.39 is 0 Å². The van der Waals surface area contributed by atoms with Crippen molar-refractivity contribution in [1.29, 1.82) is 0 Å². The Labute approximate surface area is 186 Å². The summed E-state index contributed by atoms with van der Waals surface area (Å²) in [6, 6.07) is 10.8. The molecule has 1 N–H and O–H groups in total. The van der Waals surface area contributed by atoms with Crippen LogP contribution in [0.1, 0.15) is 30.9 Å². The molecule has 0 spiro atoms. The molecule has 4 nitrogen and oxygen atoms in total. The van der Waals surface area contributed by atoms with E-state index in [-0.39, 0.29) is 17.8 Å². The Kier molecular flexibility index (Phi) is 5.32. The van der Waals surface area contributed by atoms with Crippen LogP contribution in [-0.2, 0) is 11.2 Å². The fourth-order valence-corrected chi connectivity index (χ4v) is 5.18. The molecule has 160 valence electrons. The molecule has 2 aromatic carbocycles. The first kappa shape index (κ1) is 20.3. The van der Waals surface area contributed by atoms with Gasteiger partial charge in [-0.1, -0.05) is 23.7 Å². The second kappa shape index (κ2) is 8.13. The number of amides is 1. The van der Waals surface area contributed by atoms with Crippen molar-refractivity contribution < 1.29 is 9.18 Å². The maximum Gasteiger partial charge on any atom is 0.224 e. The van der Waals surface area contributed by atoms with E-state index in [1.54, 1.807) is 19.1 Å². The molecule has 0 radical (unpaired) electrons. The zero-order valence-corrected chi connectivity index (χ0v) is 18.3. The lowest BCUT2D eigenvalue weighted by atomic mass is 9.98. The average Bonchev–Trinajstić information content (AvgIpc) is 3.33. The minimum atomic E-state index is -0.240. The third-order valence-corrected chi connectivity index (χ3v) is 6.76. The van der Waals surface area contributed by atoms with Gasteiger partial charge in [0.25, 0.3) is 0 Å². The summed E-state index contributed by atoms with van der Waals surface area (Å²) in [5.74, 6) is -0.216. The van der Waals surface area contributed by atoms with E-state index in [1.807, 2.05) is 17.0 Å². The van der Waals surface area contributed by atoms with Crippen molar-refractivity contribution in [2.75, 3.05) is 24.5 Å². The number of hydrogen-bond acceptors (Lipinski definition) is 2. The third kappa shape index (κ3) is 3.88. The maximum absolute atomic E-state index is 13.6. The molecular formula is C25H25ClFN3O. The molecule has 1 atom stereocenters. The van der Waals surface area contributed by atoms with Crippen molar-refractivity contribution in [3.63, 3.8) is 0 Å². The highest BCUT2D eigenvalue weighted by Gasteiger charge is 2.32. The van der Waals surface area contributed by atoms with E-state index in [1.165, 1.54) is 22.6 Å². The van der Waals surface area contributed by atoms with Crippen LogP contribution < -0.4 is 4.90 Å². The van der Waals surface area contributed by atoms with E-state index in [0.29, 0.717) is 0 Å². The Bertz CT molecular complexity index is 1180. The minimum absolute atomic E-state index is 0.0237. The molecule has 3 heterocycles. The van der Waals surface area contributed by atoms with Gasteiger partial charge in [-0.2, -0.15) is 0 Å². The molecule has 3 aromatic rings. The predicted molar refractivity (Wildman–Crippen MR) is 124 cm³/mol. The monoisotopic (exact) mass is 437 g/mol. The normalized spacial score (nSPS) is 19.0. The second-order valence-electron chi connectivity index (χ2n) is 8.48. The first-order chi connectivity index (χ1) is 15.0. The quantitative estimate of drug-likeness (QED) is 0.592. The van der Waals surface area contributed by atoms with Crippen LogP contribution >= 0.6 is 11.6 Å². The van der Waals surface area contributed by atoms with E-state index in [0.717, 1.165) is 60.7 Å². The first-order valence-corrected chi connectivity index (χ1v) is 11.1. The Morgan fingerprint density at radius 3 is 2.90 bits per heavy atom. The zero-order valence-electron chi connectivity index (χ0n) is 17.5. The average molecular weight is 438 g/mol. The molecule has 31 heavy (non-hydrogen) atoms. The van der Waals surface area contributed by atoms with Crippen molar-refractivity contribution in [3.05, 3.63) is 70.6 Å². The van der Waals surface area contributed by atoms with Crippen LogP contribution in [0.5, 0.6) is 0 Å². The number of aromatic nitrogens is 1. The van der Waals surface area contributed by atoms with E-state index in [4.69, 9.17) is 11.6 Å². The van der Waals surface area contributed by atoms with Crippen LogP contribution in [0.4, 0.5) is 10.1 Å². The lowest BCUT2D eigenvalue weighted by Crippen LogP contribution is -2.39. The van der Waals surface area contributed by atoms with Gasteiger partial charge in [0, 0.05) is 66.0 Å². The van der Waals surface area contributed by atoms with Crippen molar-refractivity contribution in [3.8, 4) is 0 Å². The van der Waals surface area contributed by atoms with Crippen molar-refractivity contribution in [1.82, 2.24) is 9.88 Å². The zero-order chi connectivity index (χ0) is 21.5. The lowest BCUT2D eigenvalue weighted by Gasteiger charge is -2.30. The Balaban J connectivity index is 1.24. The molecule has 0 bridgehead atoms. The number of nitrogens with one attached hydrogen (secondary N) is 1. The van der Waals surface area contributed by atoms with Crippen LogP contribution in [0, 0.1) is 5.82 Å². The number of H-pyrrole nitrogens is 1. The molecule has 1 unspecified atom stereocenters. The number of carbonyl (C=O) groups is 1. The fourth-order valence-electron chi connectivity index (χ4n) is 5.01. The maximum atomic E-state index is 13.6. The Hall–Kier alpha value is -2.63. The highest BCUT2D eigenvalue weighted by atomic mass is 35.5. The van der Waals surface area contributed by atoms with Gasteiger partial charge in [0.1, 0.15) is 5.82 Å². The Morgan fingerprint density at radius 2 is 2.13 bits per heavy atom. The molecule has 1 amide bonds. The van der Waals surface area contributed by atoms with Crippen LogP contribution in [0.3, 0.4) is 0 Å². The summed E-state index contributed by atoms with van der Waals surface area (Å²) in [4.78, 5) is 19.9. The van der Waals surface area contributed by atoms with Gasteiger partial charge in [0.15, 0.2) is 0 Å². The number of carbonyl (C=O) groups excluding carboxylic acids is 1. The summed E-state index contributed by atoms with van der Waals surface area (Å²) in [5.41, 5.74) is 5.47. The molecule has 6 heteroatoms. The molecule has 0 saturated heterocycles. The summed E-state index contributed by atoms with van der Waals surface area (Å²) in [7, 11) is 0. The van der Waals surface area contributed by atoms with E-state index in [9.17, 15) is 9.18 Å². The molecule has 1 aromatic heterocycles. The van der Waals surface area contributed by atoms with Gasteiger partial charge in [0.2, 0.25) is 5.91 Å². The Morgan fingerprint density at radius 1 is 1.26 bits per heavy atom. The van der Waals surface area contributed by atoms with Crippen LogP contribution in [0.15, 0.2) is 48.7 Å². The van der Waals surface area contributed by atoms with Crippen LogP contribution in [0.25, 0.3) is 16.5 Å². The summed E-state index contributed by atoms with van der Waals surface area (Å²) in [6.07, 6.45) is 6.97. The summed E-state index contributed by atoms with van der Waals surface area (Å²) in [5, 5.41) is 1.94. The topological polar surface area (TPSA) is 39.3 Å². The molecule has 0 saturated carbocycles. The SMILES string of the molecule is CC(=O)N1c2ccc(F)cc2CC1CCN1CC=C(c2c[nH]c3cc(Cl)ccc23)CC1. The number of anilines is 1. The largest absolute Gasteiger partial charge is 0.361 e. The van der Waals surface area contributed by atoms with Gasteiger partial charge in [-0.05, 0) is 60.7 Å². The van der Waals surface area contributed by atoms with Gasteiger partial charge in [0.05, 0.1) is 0 Å². The summed E-state index contributed by atoms with van der Waals surface area (Å²) in [6.45, 7) is 4.39. The van der Waals surface area contributed by atoms with Gasteiger partial charge in [-0.25, -0.2) is 4.39 Å². The van der Waals surface area contributed by atoms with Crippen molar-refractivity contribution in [2.45, 2.75) is 32.2 Å². The highest BCUT2D eigenvalue weighted by molar-refractivity contribution is 6.31. The molecule has 2 aliphatic rings. The number of halogens is 2. The molecule has 0 aliphatic carbocycles. The lowest BCUT2D eigenvalue weighted by molar-refractivity contribution is -0.116. The number of fused-ring (bicyclic) bond motifs is 2. The smallest absolute Gasteiger partial charge is 0.224 e. The van der Waals surface area contributed by atoms with Crippen molar-refractivity contribution >= 4 is 39.7 Å². The van der Waals surface area contributed by atoms with E-state index in [2.05, 4.69) is 28.2 Å². The second-order valence-corrected chi connectivity index (χ2v) is 8.92. The van der Waals surface area contributed by atoms with Crippen LogP contribution in [0.2, 0.25) is 5.02 Å². The first-order valence-electron chi connectivity index (χ1n) is 10.8. The van der Waals surface area contributed by atoms with Crippen molar-refractivity contribution in [2.24, 2.45) is 0 Å². The van der Waals surface area contributed by atoms with Gasteiger partial charge in [-0.15, -0.1) is 0 Å². The molecular weight excluding hydrogens is 413 g/mol. The summed E-state index contributed by atoms with van der Waals surface area (Å²) < 4.78 is 13.6. The molecule has 2 aliphatic heterocycles. The summed E-state index contributed by atoms with van der Waals surface area (Å²) >= 11 is 6.10. The highest BCUT2D eigenvalue weighted by Crippen LogP contribution is 2.35.